The Morgan fingerprint density at radius 1 is 1.21 bits per heavy atom. The van der Waals surface area contributed by atoms with Crippen molar-refractivity contribution in [1.82, 2.24) is 0 Å². The van der Waals surface area contributed by atoms with Gasteiger partial charge in [0.2, 0.25) is 0 Å². The van der Waals surface area contributed by atoms with Crippen molar-refractivity contribution in [2.75, 3.05) is 0 Å². The minimum Gasteiger partial charge on any atom is -0.479 e. The highest BCUT2D eigenvalue weighted by atomic mass is 16.4. The molecule has 0 amide bonds. The molecule has 0 saturated heterocycles. The normalized spacial score (nSPS) is 12.6. The summed E-state index contributed by atoms with van der Waals surface area (Å²) >= 11 is 0. The van der Waals surface area contributed by atoms with E-state index >= 15 is 0 Å². The maximum Gasteiger partial charge on any atom is 0.337 e. The molecular weight excluding hydrogens is 180 g/mol. The van der Waals surface area contributed by atoms with Crippen LogP contribution in [0.15, 0.2) is 12.1 Å². The highest BCUT2D eigenvalue weighted by Gasteiger charge is 2.18. The van der Waals surface area contributed by atoms with Gasteiger partial charge in [-0.15, -0.1) is 0 Å². The molecule has 1 aromatic rings. The lowest BCUT2D eigenvalue weighted by Gasteiger charge is -2.13. The molecule has 0 heterocycles. The van der Waals surface area contributed by atoms with Crippen molar-refractivity contribution in [3.63, 3.8) is 0 Å². The second kappa shape index (κ2) is 3.80. The summed E-state index contributed by atoms with van der Waals surface area (Å²) in [4.78, 5) is 10.6. The molecule has 0 fully saturated rings. The Bertz CT molecular complexity index is 369. The summed E-state index contributed by atoms with van der Waals surface area (Å²) in [5.74, 6) is -1.21. The first-order valence-electron chi connectivity index (χ1n) is 4.42. The molecule has 0 spiro atoms. The summed E-state index contributed by atoms with van der Waals surface area (Å²) in [5, 5.41) is 18.1. The highest BCUT2D eigenvalue weighted by Crippen LogP contribution is 2.22. The second-order valence-electron chi connectivity index (χ2n) is 3.46. The number of aryl methyl sites for hydroxylation is 1. The fraction of sp³-hybridized carbons (Fsp3) is 0.364. The van der Waals surface area contributed by atoms with Crippen molar-refractivity contribution in [2.45, 2.75) is 26.9 Å². The van der Waals surface area contributed by atoms with Gasteiger partial charge < -0.3 is 10.2 Å². The van der Waals surface area contributed by atoms with E-state index in [-0.39, 0.29) is 0 Å². The molecule has 1 aromatic carbocycles. The maximum atomic E-state index is 10.6. The number of rotatable bonds is 2. The summed E-state index contributed by atoms with van der Waals surface area (Å²) in [7, 11) is 0. The van der Waals surface area contributed by atoms with Gasteiger partial charge in [-0.2, -0.15) is 0 Å². The number of aliphatic carboxylic acids is 1. The van der Waals surface area contributed by atoms with E-state index in [1.54, 1.807) is 6.07 Å². The molecule has 0 aliphatic heterocycles. The van der Waals surface area contributed by atoms with Crippen LogP contribution in [-0.4, -0.2) is 16.2 Å². The molecule has 0 aromatic heterocycles. The molecule has 0 saturated carbocycles. The highest BCUT2D eigenvalue weighted by molar-refractivity contribution is 5.74. The number of aliphatic hydroxyl groups is 1. The van der Waals surface area contributed by atoms with Crippen LogP contribution in [-0.2, 0) is 4.79 Å². The lowest BCUT2D eigenvalue weighted by atomic mass is 9.96. The molecule has 3 nitrogen and oxygen atoms in total. The van der Waals surface area contributed by atoms with Crippen molar-refractivity contribution in [1.29, 1.82) is 0 Å². The van der Waals surface area contributed by atoms with Crippen LogP contribution in [0.5, 0.6) is 0 Å². The van der Waals surface area contributed by atoms with E-state index in [1.807, 2.05) is 26.8 Å². The number of carboxylic acids is 1. The van der Waals surface area contributed by atoms with E-state index in [2.05, 4.69) is 0 Å². The summed E-state index contributed by atoms with van der Waals surface area (Å²) in [6.07, 6.45) is -1.42. The molecular formula is C11H14O3. The first-order valence-corrected chi connectivity index (χ1v) is 4.42. The average molecular weight is 194 g/mol. The van der Waals surface area contributed by atoms with Gasteiger partial charge in [-0.3, -0.25) is 0 Å². The molecule has 0 bridgehead atoms. The molecule has 1 atom stereocenters. The standard InChI is InChI=1S/C11H14O3/c1-6-4-5-9(8(3)7(6)2)10(12)11(13)14/h4-5,10,12H,1-3H3,(H,13,14). The molecule has 3 heteroatoms. The molecule has 2 N–H and O–H groups in total. The summed E-state index contributed by atoms with van der Waals surface area (Å²) in [6.45, 7) is 5.70. The van der Waals surface area contributed by atoms with Gasteiger partial charge in [0.05, 0.1) is 0 Å². The van der Waals surface area contributed by atoms with Crippen LogP contribution in [0.25, 0.3) is 0 Å². The van der Waals surface area contributed by atoms with Crippen LogP contribution in [0.4, 0.5) is 0 Å². The fourth-order valence-corrected chi connectivity index (χ4v) is 1.41. The van der Waals surface area contributed by atoms with Gasteiger partial charge in [0.25, 0.3) is 0 Å². The fourth-order valence-electron chi connectivity index (χ4n) is 1.41. The SMILES string of the molecule is Cc1ccc(C(O)C(=O)O)c(C)c1C. The van der Waals surface area contributed by atoms with E-state index in [4.69, 9.17) is 5.11 Å². The van der Waals surface area contributed by atoms with Crippen LogP contribution >= 0.6 is 0 Å². The zero-order chi connectivity index (χ0) is 10.9. The van der Waals surface area contributed by atoms with Gasteiger partial charge in [0.1, 0.15) is 0 Å². The Kier molecular flexibility index (Phi) is 2.91. The van der Waals surface area contributed by atoms with E-state index in [0.717, 1.165) is 16.7 Å². The van der Waals surface area contributed by atoms with Gasteiger partial charge in [-0.25, -0.2) is 4.79 Å². The van der Waals surface area contributed by atoms with E-state index in [0.29, 0.717) is 5.56 Å². The zero-order valence-corrected chi connectivity index (χ0v) is 8.53. The van der Waals surface area contributed by atoms with Crippen molar-refractivity contribution in [3.8, 4) is 0 Å². The Morgan fingerprint density at radius 3 is 2.29 bits per heavy atom. The number of hydrogen-bond acceptors (Lipinski definition) is 2. The number of carboxylic acid groups (broad SMARTS) is 1. The van der Waals surface area contributed by atoms with Crippen molar-refractivity contribution < 1.29 is 15.0 Å². The van der Waals surface area contributed by atoms with Crippen LogP contribution in [0, 0.1) is 20.8 Å². The third-order valence-corrected chi connectivity index (χ3v) is 2.63. The van der Waals surface area contributed by atoms with E-state index < -0.39 is 12.1 Å². The minimum atomic E-state index is -1.42. The molecule has 0 radical (unpaired) electrons. The summed E-state index contributed by atoms with van der Waals surface area (Å²) < 4.78 is 0. The smallest absolute Gasteiger partial charge is 0.337 e. The Hall–Kier alpha value is -1.35. The zero-order valence-electron chi connectivity index (χ0n) is 8.53. The third-order valence-electron chi connectivity index (χ3n) is 2.63. The Morgan fingerprint density at radius 2 is 1.79 bits per heavy atom. The lowest BCUT2D eigenvalue weighted by Crippen LogP contribution is -2.12. The maximum absolute atomic E-state index is 10.6. The van der Waals surface area contributed by atoms with Crippen LogP contribution in [0.1, 0.15) is 28.4 Å². The van der Waals surface area contributed by atoms with Crippen molar-refractivity contribution in [3.05, 3.63) is 34.4 Å². The summed E-state index contributed by atoms with van der Waals surface area (Å²) in [5.41, 5.74) is 3.45. The van der Waals surface area contributed by atoms with Crippen LogP contribution < -0.4 is 0 Å². The molecule has 1 unspecified atom stereocenters. The van der Waals surface area contributed by atoms with Crippen molar-refractivity contribution >= 4 is 5.97 Å². The first-order chi connectivity index (χ1) is 6.45. The lowest BCUT2D eigenvalue weighted by molar-refractivity contribution is -0.147. The minimum absolute atomic E-state index is 0.473. The average Bonchev–Trinajstić information content (AvgIpc) is 2.13. The van der Waals surface area contributed by atoms with E-state index in [9.17, 15) is 9.90 Å². The van der Waals surface area contributed by atoms with Crippen LogP contribution in [0.3, 0.4) is 0 Å². The largest absolute Gasteiger partial charge is 0.479 e. The van der Waals surface area contributed by atoms with Gasteiger partial charge >= 0.3 is 5.97 Å². The molecule has 1 rings (SSSR count). The van der Waals surface area contributed by atoms with Gasteiger partial charge in [0, 0.05) is 0 Å². The topological polar surface area (TPSA) is 57.5 Å². The predicted molar refractivity (Wildman–Crippen MR) is 53.2 cm³/mol. The van der Waals surface area contributed by atoms with Gasteiger partial charge in [0.15, 0.2) is 6.10 Å². The first kappa shape index (κ1) is 10.7. The monoisotopic (exact) mass is 194 g/mol. The number of benzene rings is 1. The predicted octanol–water partition coefficient (Wildman–Crippen LogP) is 1.73. The van der Waals surface area contributed by atoms with Gasteiger partial charge in [-0.05, 0) is 43.0 Å². The molecule has 14 heavy (non-hydrogen) atoms. The quantitative estimate of drug-likeness (QED) is 0.753. The third kappa shape index (κ3) is 1.77. The Labute approximate surface area is 83.0 Å². The van der Waals surface area contributed by atoms with Gasteiger partial charge in [-0.1, -0.05) is 12.1 Å². The Balaban J connectivity index is 3.24. The molecule has 76 valence electrons. The van der Waals surface area contributed by atoms with E-state index in [1.165, 1.54) is 0 Å². The number of hydrogen-bond donors (Lipinski definition) is 2. The molecule has 0 aliphatic carbocycles. The number of aliphatic hydroxyl groups excluding tert-OH is 1. The number of carbonyl (C=O) groups is 1. The summed E-state index contributed by atoms with van der Waals surface area (Å²) in [6, 6.07) is 3.49. The van der Waals surface area contributed by atoms with Crippen LogP contribution in [0.2, 0.25) is 0 Å². The molecule has 0 aliphatic rings. The second-order valence-corrected chi connectivity index (χ2v) is 3.46. The van der Waals surface area contributed by atoms with Crippen molar-refractivity contribution in [2.24, 2.45) is 0 Å².